The summed E-state index contributed by atoms with van der Waals surface area (Å²) in [7, 11) is 0. The van der Waals surface area contributed by atoms with Crippen LogP contribution in [0.15, 0.2) is 30.3 Å². The second-order valence-electron chi connectivity index (χ2n) is 7.02. The molecule has 0 unspecified atom stereocenters. The van der Waals surface area contributed by atoms with Crippen molar-refractivity contribution < 1.29 is 9.59 Å². The first-order valence-electron chi connectivity index (χ1n) is 9.55. The van der Waals surface area contributed by atoms with E-state index >= 15 is 0 Å². The van der Waals surface area contributed by atoms with Gasteiger partial charge in [0, 0.05) is 50.4 Å². The molecule has 1 aromatic heterocycles. The highest BCUT2D eigenvalue weighted by atomic mass is 32.1. The Bertz CT molecular complexity index is 789. The van der Waals surface area contributed by atoms with Crippen LogP contribution >= 0.6 is 11.3 Å². The van der Waals surface area contributed by atoms with Gasteiger partial charge in [0.15, 0.2) is 5.01 Å². The lowest BCUT2D eigenvalue weighted by Crippen LogP contribution is -2.43. The SMILES string of the molecule is O=C(NCc1ccccc1)c1nc2c(s1)CCN(C(=O)N1CCCC1)CC2. The molecule has 2 aliphatic heterocycles. The molecule has 4 rings (SSSR count). The topological polar surface area (TPSA) is 65.5 Å². The van der Waals surface area contributed by atoms with Crippen molar-refractivity contribution in [3.63, 3.8) is 0 Å². The lowest BCUT2D eigenvalue weighted by atomic mass is 10.2. The summed E-state index contributed by atoms with van der Waals surface area (Å²) in [5, 5.41) is 3.47. The summed E-state index contributed by atoms with van der Waals surface area (Å²) in [6.07, 6.45) is 3.71. The fourth-order valence-electron chi connectivity index (χ4n) is 3.61. The molecule has 2 aliphatic rings. The first kappa shape index (κ1) is 18.0. The van der Waals surface area contributed by atoms with Gasteiger partial charge in [-0.3, -0.25) is 4.79 Å². The van der Waals surface area contributed by atoms with Gasteiger partial charge < -0.3 is 15.1 Å². The number of nitrogens with zero attached hydrogens (tertiary/aromatic N) is 3. The number of rotatable bonds is 3. The van der Waals surface area contributed by atoms with Crippen molar-refractivity contribution in [3.05, 3.63) is 51.5 Å². The molecule has 142 valence electrons. The van der Waals surface area contributed by atoms with E-state index in [2.05, 4.69) is 10.3 Å². The van der Waals surface area contributed by atoms with E-state index in [1.54, 1.807) is 0 Å². The van der Waals surface area contributed by atoms with E-state index in [9.17, 15) is 9.59 Å². The third kappa shape index (κ3) is 4.13. The zero-order valence-corrected chi connectivity index (χ0v) is 16.1. The van der Waals surface area contributed by atoms with E-state index in [0.717, 1.165) is 54.9 Å². The van der Waals surface area contributed by atoms with Crippen LogP contribution in [0.2, 0.25) is 0 Å². The van der Waals surface area contributed by atoms with E-state index < -0.39 is 0 Å². The smallest absolute Gasteiger partial charge is 0.320 e. The Morgan fingerprint density at radius 1 is 1.00 bits per heavy atom. The van der Waals surface area contributed by atoms with Crippen LogP contribution in [0.5, 0.6) is 0 Å². The monoisotopic (exact) mass is 384 g/mol. The van der Waals surface area contributed by atoms with Gasteiger partial charge in [-0.1, -0.05) is 30.3 Å². The molecule has 0 bridgehead atoms. The van der Waals surface area contributed by atoms with Crippen molar-refractivity contribution in [3.8, 4) is 0 Å². The Labute approximate surface area is 163 Å². The number of hydrogen-bond donors (Lipinski definition) is 1. The number of fused-ring (bicyclic) bond motifs is 1. The quantitative estimate of drug-likeness (QED) is 0.885. The highest BCUT2D eigenvalue weighted by Gasteiger charge is 2.27. The van der Waals surface area contributed by atoms with Crippen LogP contribution in [-0.2, 0) is 19.4 Å². The summed E-state index contributed by atoms with van der Waals surface area (Å²) < 4.78 is 0. The highest BCUT2D eigenvalue weighted by molar-refractivity contribution is 7.13. The summed E-state index contributed by atoms with van der Waals surface area (Å²) in [5.41, 5.74) is 2.04. The van der Waals surface area contributed by atoms with E-state index in [1.807, 2.05) is 40.1 Å². The lowest BCUT2D eigenvalue weighted by molar-refractivity contribution is 0.0950. The van der Waals surface area contributed by atoms with Gasteiger partial charge >= 0.3 is 6.03 Å². The Hall–Kier alpha value is -2.41. The number of likely N-dealkylation sites (tertiary alicyclic amines) is 1. The van der Waals surface area contributed by atoms with Crippen LogP contribution in [0, 0.1) is 0 Å². The van der Waals surface area contributed by atoms with Crippen molar-refractivity contribution in [1.82, 2.24) is 20.1 Å². The number of carbonyl (C=O) groups is 2. The molecule has 6 nitrogen and oxygen atoms in total. The average Bonchev–Trinajstić information content (AvgIpc) is 3.33. The summed E-state index contributed by atoms with van der Waals surface area (Å²) in [5.74, 6) is -0.123. The van der Waals surface area contributed by atoms with Crippen LogP contribution in [-0.4, -0.2) is 52.9 Å². The van der Waals surface area contributed by atoms with Crippen LogP contribution in [0.25, 0.3) is 0 Å². The number of amides is 3. The molecule has 1 N–H and O–H groups in total. The molecule has 1 aromatic carbocycles. The van der Waals surface area contributed by atoms with E-state index in [0.29, 0.717) is 24.6 Å². The Balaban J connectivity index is 1.35. The van der Waals surface area contributed by atoms with Crippen molar-refractivity contribution >= 4 is 23.3 Å². The maximum absolute atomic E-state index is 12.6. The minimum Gasteiger partial charge on any atom is -0.346 e. The Kier molecular flexibility index (Phi) is 5.38. The average molecular weight is 385 g/mol. The van der Waals surface area contributed by atoms with Crippen molar-refractivity contribution in [1.29, 1.82) is 0 Å². The molecule has 1 saturated heterocycles. The van der Waals surface area contributed by atoms with Crippen LogP contribution in [0.3, 0.4) is 0 Å². The molecule has 0 saturated carbocycles. The van der Waals surface area contributed by atoms with Crippen molar-refractivity contribution in [2.45, 2.75) is 32.2 Å². The predicted molar refractivity (Wildman–Crippen MR) is 105 cm³/mol. The fraction of sp³-hybridized carbons (Fsp3) is 0.450. The Morgan fingerprint density at radius 2 is 1.70 bits per heavy atom. The minimum absolute atomic E-state index is 0.123. The number of hydrogen-bond acceptors (Lipinski definition) is 4. The van der Waals surface area contributed by atoms with Crippen LogP contribution < -0.4 is 5.32 Å². The molecule has 0 aliphatic carbocycles. The number of benzene rings is 1. The van der Waals surface area contributed by atoms with Crippen LogP contribution in [0.1, 0.15) is 38.8 Å². The van der Waals surface area contributed by atoms with Crippen molar-refractivity contribution in [2.75, 3.05) is 26.2 Å². The maximum Gasteiger partial charge on any atom is 0.320 e. The standard InChI is InChI=1S/C20H24N4O2S/c25-18(21-14-15-6-2-1-3-7-15)19-22-16-8-12-24(13-9-17(16)27-19)20(26)23-10-4-5-11-23/h1-3,6-7H,4-5,8-14H2,(H,21,25). The second-order valence-corrected chi connectivity index (χ2v) is 8.10. The fourth-order valence-corrected chi connectivity index (χ4v) is 4.63. The molecular formula is C20H24N4O2S. The predicted octanol–water partition coefficient (Wildman–Crippen LogP) is 2.69. The third-order valence-corrected chi connectivity index (χ3v) is 6.30. The van der Waals surface area contributed by atoms with Gasteiger partial charge in [0.1, 0.15) is 0 Å². The molecule has 2 aromatic rings. The van der Waals surface area contributed by atoms with E-state index in [4.69, 9.17) is 0 Å². The minimum atomic E-state index is -0.123. The van der Waals surface area contributed by atoms with Crippen molar-refractivity contribution in [2.24, 2.45) is 0 Å². The van der Waals surface area contributed by atoms with Gasteiger partial charge in [-0.25, -0.2) is 9.78 Å². The van der Waals surface area contributed by atoms with E-state index in [1.165, 1.54) is 11.3 Å². The highest BCUT2D eigenvalue weighted by Crippen LogP contribution is 2.24. The molecule has 1 fully saturated rings. The summed E-state index contributed by atoms with van der Waals surface area (Å²) in [4.78, 5) is 34.6. The number of urea groups is 1. The molecule has 0 spiro atoms. The third-order valence-electron chi connectivity index (χ3n) is 5.14. The number of thiazole rings is 1. The molecule has 0 radical (unpaired) electrons. The Morgan fingerprint density at radius 3 is 2.48 bits per heavy atom. The van der Waals surface area contributed by atoms with Gasteiger partial charge in [0.25, 0.3) is 5.91 Å². The summed E-state index contributed by atoms with van der Waals surface area (Å²) >= 11 is 1.46. The zero-order chi connectivity index (χ0) is 18.6. The summed E-state index contributed by atoms with van der Waals surface area (Å²) in [6.45, 7) is 3.64. The van der Waals surface area contributed by atoms with Gasteiger partial charge in [-0.15, -0.1) is 11.3 Å². The molecule has 3 heterocycles. The van der Waals surface area contributed by atoms with Gasteiger partial charge in [0.2, 0.25) is 0 Å². The molecule has 27 heavy (non-hydrogen) atoms. The summed E-state index contributed by atoms with van der Waals surface area (Å²) in [6, 6.07) is 10.0. The second kappa shape index (κ2) is 8.08. The lowest BCUT2D eigenvalue weighted by Gasteiger charge is -2.26. The van der Waals surface area contributed by atoms with E-state index in [-0.39, 0.29) is 11.9 Å². The largest absolute Gasteiger partial charge is 0.346 e. The van der Waals surface area contributed by atoms with Crippen LogP contribution in [0.4, 0.5) is 4.79 Å². The number of aromatic nitrogens is 1. The molecule has 3 amide bonds. The molecular weight excluding hydrogens is 360 g/mol. The molecule has 7 heteroatoms. The number of nitrogens with one attached hydrogen (secondary N) is 1. The van der Waals surface area contributed by atoms with Gasteiger partial charge in [0.05, 0.1) is 5.69 Å². The maximum atomic E-state index is 12.6. The zero-order valence-electron chi connectivity index (χ0n) is 15.3. The molecule has 0 atom stereocenters. The first-order valence-corrected chi connectivity index (χ1v) is 10.4. The van der Waals surface area contributed by atoms with Gasteiger partial charge in [-0.05, 0) is 18.4 Å². The number of carbonyl (C=O) groups excluding carboxylic acids is 2. The van der Waals surface area contributed by atoms with Gasteiger partial charge in [-0.2, -0.15) is 0 Å². The first-order chi connectivity index (χ1) is 13.2. The normalized spacial score (nSPS) is 16.7.